The van der Waals surface area contributed by atoms with Crippen LogP contribution in [0.15, 0.2) is 53.7 Å². The number of thiol groups is 1. The molecule has 0 unspecified atom stereocenters. The van der Waals surface area contributed by atoms with Crippen molar-refractivity contribution in [3.05, 3.63) is 70.4 Å². The first kappa shape index (κ1) is 22.3. The number of hydrogen-bond acceptors (Lipinski definition) is 6. The van der Waals surface area contributed by atoms with E-state index in [1.165, 1.54) is 26.9 Å². The van der Waals surface area contributed by atoms with Crippen LogP contribution >= 0.6 is 24.0 Å². The highest BCUT2D eigenvalue weighted by molar-refractivity contribution is 7.80. The van der Waals surface area contributed by atoms with Crippen LogP contribution in [0.5, 0.6) is 0 Å². The number of carbonyl (C=O) groups is 1. The Morgan fingerprint density at radius 2 is 1.94 bits per heavy atom. The third-order valence-electron chi connectivity index (χ3n) is 5.54. The molecule has 0 atom stereocenters. The van der Waals surface area contributed by atoms with Crippen molar-refractivity contribution < 1.29 is 9.90 Å². The maximum absolute atomic E-state index is 11.6. The standard InChI is InChI=1S/C25H25N3O2S2/c1-3-6-18-19(25(29)30)9-10-20(24(18)31)21-13-23(28-14-27-21)26-12-11-16-15(2)32-22-8-5-4-7-17(16)22/h4-5,7-10,13-14,31H,3,6,11-12H2,1-2H3,(H,29,30)(H,26,27,28). The molecular formula is C25H25N3O2S2. The molecule has 0 saturated carbocycles. The fourth-order valence-corrected chi connectivity index (χ4v) is 5.53. The summed E-state index contributed by atoms with van der Waals surface area (Å²) in [5.74, 6) is -0.198. The molecule has 0 saturated heterocycles. The minimum absolute atomic E-state index is 0.298. The van der Waals surface area contributed by atoms with E-state index in [4.69, 9.17) is 0 Å². The number of hydrogen-bond donors (Lipinski definition) is 3. The molecule has 32 heavy (non-hydrogen) atoms. The van der Waals surface area contributed by atoms with Crippen LogP contribution in [0.4, 0.5) is 5.82 Å². The Bertz CT molecular complexity index is 1280. The molecule has 4 rings (SSSR count). The minimum Gasteiger partial charge on any atom is -0.478 e. The molecule has 0 aliphatic rings. The Labute approximate surface area is 197 Å². The van der Waals surface area contributed by atoms with Crippen LogP contribution in [0.2, 0.25) is 0 Å². The smallest absolute Gasteiger partial charge is 0.336 e. The van der Waals surface area contributed by atoms with Gasteiger partial charge < -0.3 is 10.4 Å². The lowest BCUT2D eigenvalue weighted by molar-refractivity contribution is 0.0695. The van der Waals surface area contributed by atoms with Gasteiger partial charge in [0.2, 0.25) is 0 Å². The van der Waals surface area contributed by atoms with E-state index in [2.05, 4.69) is 59.1 Å². The normalized spacial score (nSPS) is 11.1. The van der Waals surface area contributed by atoms with E-state index in [0.717, 1.165) is 42.0 Å². The fraction of sp³-hybridized carbons (Fsp3) is 0.240. The van der Waals surface area contributed by atoms with E-state index in [9.17, 15) is 9.90 Å². The second kappa shape index (κ2) is 9.71. The highest BCUT2D eigenvalue weighted by atomic mass is 32.1. The number of aromatic carboxylic acids is 1. The summed E-state index contributed by atoms with van der Waals surface area (Å²) in [7, 11) is 0. The Hall–Kier alpha value is -2.90. The lowest BCUT2D eigenvalue weighted by Gasteiger charge is -2.14. The van der Waals surface area contributed by atoms with Crippen LogP contribution in [0.1, 0.15) is 39.7 Å². The van der Waals surface area contributed by atoms with Gasteiger partial charge in [-0.3, -0.25) is 0 Å². The highest BCUT2D eigenvalue weighted by Crippen LogP contribution is 2.33. The molecule has 7 heteroatoms. The zero-order valence-corrected chi connectivity index (χ0v) is 19.8. The number of thiophene rings is 1. The minimum atomic E-state index is -0.934. The number of nitrogens with one attached hydrogen (secondary N) is 1. The van der Waals surface area contributed by atoms with Gasteiger partial charge in [-0.25, -0.2) is 14.8 Å². The number of benzene rings is 2. The van der Waals surface area contributed by atoms with Gasteiger partial charge in [0.25, 0.3) is 0 Å². The number of rotatable bonds is 8. The number of aromatic nitrogens is 2. The molecule has 0 amide bonds. The molecule has 2 heterocycles. The zero-order valence-electron chi connectivity index (χ0n) is 18.1. The maximum atomic E-state index is 11.6. The van der Waals surface area contributed by atoms with Crippen molar-refractivity contribution >= 4 is 45.8 Å². The van der Waals surface area contributed by atoms with Crippen LogP contribution in [0.25, 0.3) is 21.3 Å². The topological polar surface area (TPSA) is 75.1 Å². The second-order valence-corrected chi connectivity index (χ2v) is 9.34. The van der Waals surface area contributed by atoms with Crippen molar-refractivity contribution in [2.45, 2.75) is 38.0 Å². The Morgan fingerprint density at radius 3 is 2.72 bits per heavy atom. The van der Waals surface area contributed by atoms with Gasteiger partial charge in [-0.15, -0.1) is 24.0 Å². The number of carboxylic acid groups (broad SMARTS) is 1. The van der Waals surface area contributed by atoms with E-state index in [1.54, 1.807) is 12.1 Å². The third-order valence-corrected chi connectivity index (χ3v) is 7.18. The van der Waals surface area contributed by atoms with Crippen LogP contribution in [0.3, 0.4) is 0 Å². The van der Waals surface area contributed by atoms with Crippen molar-refractivity contribution in [1.29, 1.82) is 0 Å². The molecule has 0 aliphatic heterocycles. The van der Waals surface area contributed by atoms with E-state index in [1.807, 2.05) is 24.3 Å². The molecular weight excluding hydrogens is 438 g/mol. The summed E-state index contributed by atoms with van der Waals surface area (Å²) in [5.41, 5.74) is 3.95. The van der Waals surface area contributed by atoms with Crippen molar-refractivity contribution in [3.8, 4) is 11.3 Å². The SMILES string of the molecule is CCCc1c(C(=O)O)ccc(-c2cc(NCCc3c(C)sc4ccccc34)ncn2)c1S. The van der Waals surface area contributed by atoms with Crippen molar-refractivity contribution in [1.82, 2.24) is 9.97 Å². The third kappa shape index (κ3) is 4.49. The molecule has 164 valence electrons. The second-order valence-electron chi connectivity index (χ2n) is 7.64. The van der Waals surface area contributed by atoms with E-state index in [0.29, 0.717) is 16.9 Å². The molecule has 0 bridgehead atoms. The number of nitrogens with zero attached hydrogens (tertiary/aromatic N) is 2. The van der Waals surface area contributed by atoms with Crippen molar-refractivity contribution in [3.63, 3.8) is 0 Å². The summed E-state index contributed by atoms with van der Waals surface area (Å²) in [4.78, 5) is 22.4. The molecule has 5 nitrogen and oxygen atoms in total. The first-order valence-electron chi connectivity index (χ1n) is 10.6. The van der Waals surface area contributed by atoms with Gasteiger partial charge in [-0.05, 0) is 48.4 Å². The first-order chi connectivity index (χ1) is 15.5. The van der Waals surface area contributed by atoms with Crippen molar-refractivity contribution in [2.24, 2.45) is 0 Å². The number of anilines is 1. The Morgan fingerprint density at radius 1 is 1.12 bits per heavy atom. The fourth-order valence-electron chi connectivity index (χ4n) is 4.00. The summed E-state index contributed by atoms with van der Waals surface area (Å²) in [6.07, 6.45) is 3.92. The van der Waals surface area contributed by atoms with Gasteiger partial charge in [-0.2, -0.15) is 0 Å². The van der Waals surface area contributed by atoms with E-state index in [-0.39, 0.29) is 0 Å². The molecule has 2 aromatic heterocycles. The van der Waals surface area contributed by atoms with Gasteiger partial charge in [0.05, 0.1) is 11.3 Å². The van der Waals surface area contributed by atoms with Gasteiger partial charge in [-0.1, -0.05) is 37.6 Å². The quantitative estimate of drug-likeness (QED) is 0.269. The summed E-state index contributed by atoms with van der Waals surface area (Å²) in [6, 6.07) is 13.8. The Balaban J connectivity index is 1.54. The van der Waals surface area contributed by atoms with Crippen LogP contribution in [-0.2, 0) is 12.8 Å². The molecule has 0 spiro atoms. The number of aryl methyl sites for hydroxylation is 1. The van der Waals surface area contributed by atoms with Crippen LogP contribution in [-0.4, -0.2) is 27.6 Å². The van der Waals surface area contributed by atoms with Gasteiger partial charge in [0.15, 0.2) is 0 Å². The van der Waals surface area contributed by atoms with E-state index < -0.39 is 5.97 Å². The van der Waals surface area contributed by atoms with Crippen molar-refractivity contribution in [2.75, 3.05) is 11.9 Å². The Kier molecular flexibility index (Phi) is 6.77. The summed E-state index contributed by atoms with van der Waals surface area (Å²) >= 11 is 6.50. The predicted octanol–water partition coefficient (Wildman–Crippen LogP) is 6.26. The molecule has 0 radical (unpaired) electrons. The van der Waals surface area contributed by atoms with E-state index >= 15 is 0 Å². The largest absolute Gasteiger partial charge is 0.478 e. The molecule has 0 aliphatic carbocycles. The first-order valence-corrected chi connectivity index (χ1v) is 11.9. The maximum Gasteiger partial charge on any atom is 0.336 e. The highest BCUT2D eigenvalue weighted by Gasteiger charge is 2.17. The van der Waals surface area contributed by atoms with Crippen LogP contribution < -0.4 is 5.32 Å². The summed E-state index contributed by atoms with van der Waals surface area (Å²) in [5, 5.41) is 14.2. The summed E-state index contributed by atoms with van der Waals surface area (Å²) in [6.45, 7) is 4.95. The molecule has 2 N–H and O–H groups in total. The zero-order chi connectivity index (χ0) is 22.7. The average Bonchev–Trinajstić information content (AvgIpc) is 3.10. The number of fused-ring (bicyclic) bond motifs is 1. The van der Waals surface area contributed by atoms with Gasteiger partial charge in [0.1, 0.15) is 12.1 Å². The number of carboxylic acids is 1. The lowest BCUT2D eigenvalue weighted by Crippen LogP contribution is -2.07. The summed E-state index contributed by atoms with van der Waals surface area (Å²) < 4.78 is 1.32. The average molecular weight is 464 g/mol. The van der Waals surface area contributed by atoms with Crippen LogP contribution in [0, 0.1) is 6.92 Å². The molecule has 0 fully saturated rings. The predicted molar refractivity (Wildman–Crippen MR) is 134 cm³/mol. The monoisotopic (exact) mass is 463 g/mol. The van der Waals surface area contributed by atoms with Gasteiger partial charge in [0, 0.05) is 32.6 Å². The molecule has 4 aromatic rings. The lowest BCUT2D eigenvalue weighted by atomic mass is 9.98. The molecule has 2 aromatic carbocycles. The van der Waals surface area contributed by atoms with Gasteiger partial charge >= 0.3 is 5.97 Å².